The van der Waals surface area contributed by atoms with Gasteiger partial charge in [0.25, 0.3) is 0 Å². The topological polar surface area (TPSA) is 76.0 Å². The van der Waals surface area contributed by atoms with Crippen molar-refractivity contribution in [2.75, 3.05) is 13.4 Å². The third-order valence-corrected chi connectivity index (χ3v) is 1.10. The highest BCUT2D eigenvalue weighted by atomic mass is 31.1. The molecule has 10 heavy (non-hydrogen) atoms. The summed E-state index contributed by atoms with van der Waals surface area (Å²) in [6, 6.07) is 0. The molecule has 0 rings (SSSR count). The summed E-state index contributed by atoms with van der Waals surface area (Å²) in [5.41, 5.74) is 0. The molecular formula is C4H10O5P+. The average molecular weight is 169 g/mol. The molecule has 0 aromatic rings. The smallest absolute Gasteiger partial charge is 0.394 e. The van der Waals surface area contributed by atoms with Gasteiger partial charge in [-0.25, -0.2) is 0 Å². The molecular weight excluding hydrogens is 159 g/mol. The van der Waals surface area contributed by atoms with Gasteiger partial charge in [0.2, 0.25) is 6.79 Å². The van der Waals surface area contributed by atoms with E-state index < -0.39 is 8.25 Å². The second kappa shape index (κ2) is 5.70. The highest BCUT2D eigenvalue weighted by molar-refractivity contribution is 7.32. The fraction of sp³-hybridized carbons (Fsp3) is 1.00. The predicted molar refractivity (Wildman–Crippen MR) is 33.4 cm³/mol. The predicted octanol–water partition coefficient (Wildman–Crippen LogP) is 0.00760. The zero-order valence-electron chi connectivity index (χ0n) is 5.56. The number of ether oxygens (including phenoxy) is 1. The Morgan fingerprint density at radius 3 is 2.70 bits per heavy atom. The molecule has 6 heteroatoms. The monoisotopic (exact) mass is 169 g/mol. The lowest BCUT2D eigenvalue weighted by atomic mass is 10.4. The molecule has 0 fully saturated rings. The maximum Gasteiger partial charge on any atom is 0.697 e. The van der Waals surface area contributed by atoms with Crippen molar-refractivity contribution in [3.8, 4) is 0 Å². The van der Waals surface area contributed by atoms with Gasteiger partial charge in [0.1, 0.15) is 0 Å². The van der Waals surface area contributed by atoms with Gasteiger partial charge in [0.05, 0.1) is 12.7 Å². The van der Waals surface area contributed by atoms with Crippen LogP contribution >= 0.6 is 8.25 Å². The summed E-state index contributed by atoms with van der Waals surface area (Å²) in [7, 11) is -2.59. The van der Waals surface area contributed by atoms with E-state index in [2.05, 4.69) is 9.26 Å². The Labute approximate surface area is 59.5 Å². The molecule has 0 aromatic heterocycles. The van der Waals surface area contributed by atoms with E-state index in [9.17, 15) is 4.57 Å². The molecule has 0 bridgehead atoms. The first-order chi connectivity index (χ1) is 4.66. The molecule has 5 nitrogen and oxygen atoms in total. The number of aliphatic hydroxyl groups is 1. The Morgan fingerprint density at radius 2 is 2.30 bits per heavy atom. The van der Waals surface area contributed by atoms with Crippen LogP contribution in [0.5, 0.6) is 0 Å². The Kier molecular flexibility index (Phi) is 5.67. The standard InChI is InChI=1S/C4H9O5P/c1-4(2-5)8-3-9-10(6)7/h4-5H,2-3H2,1H3/p+1/t4-/m1/s1. The van der Waals surface area contributed by atoms with E-state index in [0.29, 0.717) is 0 Å². The van der Waals surface area contributed by atoms with Gasteiger partial charge in [0, 0.05) is 4.57 Å². The van der Waals surface area contributed by atoms with Gasteiger partial charge >= 0.3 is 8.25 Å². The second-order valence-corrected chi connectivity index (χ2v) is 2.38. The summed E-state index contributed by atoms with van der Waals surface area (Å²) in [6.07, 6.45) is -0.366. The van der Waals surface area contributed by atoms with Crippen LogP contribution in [0.15, 0.2) is 0 Å². The van der Waals surface area contributed by atoms with Crippen LogP contribution in [0.1, 0.15) is 6.92 Å². The molecule has 0 heterocycles. The lowest BCUT2D eigenvalue weighted by molar-refractivity contribution is -0.0488. The van der Waals surface area contributed by atoms with Crippen LogP contribution in [0, 0.1) is 0 Å². The minimum Gasteiger partial charge on any atom is -0.394 e. The van der Waals surface area contributed by atoms with Crippen molar-refractivity contribution in [3.63, 3.8) is 0 Å². The number of aliphatic hydroxyl groups excluding tert-OH is 1. The number of hydrogen-bond donors (Lipinski definition) is 2. The fourth-order valence-electron chi connectivity index (χ4n) is 0.244. The SMILES string of the molecule is C[C@H](CO)OCO[P+](=O)O. The molecule has 0 amide bonds. The van der Waals surface area contributed by atoms with Crippen molar-refractivity contribution < 1.29 is 23.8 Å². The van der Waals surface area contributed by atoms with E-state index in [0.717, 1.165) is 0 Å². The molecule has 0 saturated carbocycles. The maximum atomic E-state index is 9.85. The van der Waals surface area contributed by atoms with E-state index in [4.69, 9.17) is 10.00 Å². The van der Waals surface area contributed by atoms with Crippen LogP contribution < -0.4 is 0 Å². The minimum atomic E-state index is -2.59. The van der Waals surface area contributed by atoms with Crippen molar-refractivity contribution in [2.24, 2.45) is 0 Å². The van der Waals surface area contributed by atoms with Crippen LogP contribution in [0.4, 0.5) is 0 Å². The summed E-state index contributed by atoms with van der Waals surface area (Å²) < 4.78 is 18.7. The van der Waals surface area contributed by atoms with E-state index in [-0.39, 0.29) is 19.5 Å². The van der Waals surface area contributed by atoms with Crippen LogP contribution in [-0.4, -0.2) is 29.5 Å². The zero-order chi connectivity index (χ0) is 7.98. The highest BCUT2D eigenvalue weighted by Crippen LogP contribution is 2.13. The van der Waals surface area contributed by atoms with Crippen LogP contribution in [-0.2, 0) is 13.8 Å². The molecule has 0 aromatic carbocycles. The normalized spacial score (nSPS) is 14.9. The van der Waals surface area contributed by atoms with Crippen molar-refractivity contribution in [1.29, 1.82) is 0 Å². The van der Waals surface area contributed by atoms with Crippen molar-refractivity contribution in [2.45, 2.75) is 13.0 Å². The summed E-state index contributed by atoms with van der Waals surface area (Å²) in [6.45, 7) is 1.22. The summed E-state index contributed by atoms with van der Waals surface area (Å²) in [5.74, 6) is 0. The first-order valence-electron chi connectivity index (χ1n) is 2.68. The van der Waals surface area contributed by atoms with E-state index >= 15 is 0 Å². The lowest BCUT2D eigenvalue weighted by Gasteiger charge is -2.04. The van der Waals surface area contributed by atoms with Gasteiger partial charge in [-0.05, 0) is 6.92 Å². The van der Waals surface area contributed by atoms with Gasteiger partial charge in [-0.15, -0.1) is 4.89 Å². The molecule has 0 saturated heterocycles. The Bertz CT molecular complexity index is 106. The van der Waals surface area contributed by atoms with Gasteiger partial charge in [-0.3, -0.25) is 0 Å². The summed E-state index contributed by atoms with van der Waals surface area (Å²) in [4.78, 5) is 8.08. The molecule has 60 valence electrons. The lowest BCUT2D eigenvalue weighted by Crippen LogP contribution is -2.13. The Hall–Kier alpha value is -0.0600. The minimum absolute atomic E-state index is 0.133. The van der Waals surface area contributed by atoms with Gasteiger partial charge in [0.15, 0.2) is 0 Å². The van der Waals surface area contributed by atoms with Crippen molar-refractivity contribution in [1.82, 2.24) is 0 Å². The first kappa shape index (κ1) is 9.94. The number of rotatable bonds is 5. The highest BCUT2D eigenvalue weighted by Gasteiger charge is 2.12. The molecule has 2 atom stereocenters. The quantitative estimate of drug-likeness (QED) is 0.447. The third kappa shape index (κ3) is 6.07. The van der Waals surface area contributed by atoms with Gasteiger partial charge < -0.3 is 9.84 Å². The van der Waals surface area contributed by atoms with Crippen LogP contribution in [0.25, 0.3) is 0 Å². The summed E-state index contributed by atoms with van der Waals surface area (Å²) in [5, 5.41) is 8.38. The molecule has 1 unspecified atom stereocenters. The summed E-state index contributed by atoms with van der Waals surface area (Å²) >= 11 is 0. The number of hydrogen-bond acceptors (Lipinski definition) is 4. The third-order valence-electron chi connectivity index (χ3n) is 0.773. The average Bonchev–Trinajstić information content (AvgIpc) is 1.87. The van der Waals surface area contributed by atoms with Crippen molar-refractivity contribution >= 4 is 8.25 Å². The van der Waals surface area contributed by atoms with Gasteiger partial charge in [-0.2, -0.15) is 0 Å². The van der Waals surface area contributed by atoms with Crippen molar-refractivity contribution in [3.05, 3.63) is 0 Å². The molecule has 0 aliphatic rings. The van der Waals surface area contributed by atoms with Crippen LogP contribution in [0.3, 0.4) is 0 Å². The van der Waals surface area contributed by atoms with E-state index in [1.165, 1.54) is 0 Å². The molecule has 0 aliphatic carbocycles. The Morgan fingerprint density at radius 1 is 1.70 bits per heavy atom. The second-order valence-electron chi connectivity index (χ2n) is 1.64. The molecule has 0 radical (unpaired) electrons. The van der Waals surface area contributed by atoms with E-state index in [1.54, 1.807) is 6.92 Å². The van der Waals surface area contributed by atoms with E-state index in [1.807, 2.05) is 0 Å². The molecule has 2 N–H and O–H groups in total. The van der Waals surface area contributed by atoms with Gasteiger partial charge in [-0.1, -0.05) is 4.52 Å². The fourth-order valence-corrected chi connectivity index (χ4v) is 0.395. The van der Waals surface area contributed by atoms with Crippen LogP contribution in [0.2, 0.25) is 0 Å². The largest absolute Gasteiger partial charge is 0.697 e. The molecule has 0 spiro atoms. The molecule has 0 aliphatic heterocycles. The Balaban J connectivity index is 3.11. The maximum absolute atomic E-state index is 9.85. The first-order valence-corrected chi connectivity index (χ1v) is 3.81. The zero-order valence-corrected chi connectivity index (χ0v) is 6.45.